The first-order valence-electron chi connectivity index (χ1n) is 6.83. The molecule has 0 aromatic rings. The van der Waals surface area contributed by atoms with Gasteiger partial charge in [0.1, 0.15) is 12.1 Å². The van der Waals surface area contributed by atoms with Gasteiger partial charge in [-0.2, -0.15) is 0 Å². The van der Waals surface area contributed by atoms with Gasteiger partial charge in [-0.3, -0.25) is 14.4 Å². The lowest BCUT2D eigenvalue weighted by Crippen LogP contribution is -2.49. The average molecular weight is 286 g/mol. The van der Waals surface area contributed by atoms with E-state index in [0.29, 0.717) is 13.0 Å². The van der Waals surface area contributed by atoms with Gasteiger partial charge in [-0.05, 0) is 26.2 Å². The van der Waals surface area contributed by atoms with E-state index in [0.717, 1.165) is 6.42 Å². The van der Waals surface area contributed by atoms with Crippen molar-refractivity contribution in [1.82, 2.24) is 5.32 Å². The molecule has 7 nitrogen and oxygen atoms in total. The van der Waals surface area contributed by atoms with Gasteiger partial charge in [-0.15, -0.1) is 0 Å². The Kier molecular flexibility index (Phi) is 6.44. The molecule has 1 aliphatic rings. The maximum atomic E-state index is 11.9. The van der Waals surface area contributed by atoms with Gasteiger partial charge in [0.05, 0.1) is 12.5 Å². The Morgan fingerprint density at radius 2 is 2.15 bits per heavy atom. The highest BCUT2D eigenvalue weighted by Gasteiger charge is 2.29. The molecule has 3 atom stereocenters. The predicted molar refractivity (Wildman–Crippen MR) is 70.5 cm³/mol. The summed E-state index contributed by atoms with van der Waals surface area (Å²) >= 11 is 0. The second kappa shape index (κ2) is 7.84. The lowest BCUT2D eigenvalue weighted by Gasteiger charge is -2.20. The van der Waals surface area contributed by atoms with Crippen LogP contribution in [0.4, 0.5) is 0 Å². The van der Waals surface area contributed by atoms with Crippen molar-refractivity contribution in [3.63, 3.8) is 0 Å². The number of primary amides is 1. The molecule has 0 aromatic heterocycles. The largest absolute Gasteiger partial charge is 0.466 e. The molecule has 114 valence electrons. The molecule has 1 saturated heterocycles. The summed E-state index contributed by atoms with van der Waals surface area (Å²) in [7, 11) is 0. The SMILES string of the molecule is CCOC(=O)[C@H](C)C[C@@H](NC(=O)[C@H]1CCCO1)C(N)=O. The Bertz CT molecular complexity index is 366. The van der Waals surface area contributed by atoms with Crippen molar-refractivity contribution < 1.29 is 23.9 Å². The third-order valence-electron chi connectivity index (χ3n) is 3.16. The summed E-state index contributed by atoms with van der Waals surface area (Å²) in [4.78, 5) is 34.8. The summed E-state index contributed by atoms with van der Waals surface area (Å²) in [6.45, 7) is 4.15. The van der Waals surface area contributed by atoms with E-state index in [9.17, 15) is 14.4 Å². The molecular weight excluding hydrogens is 264 g/mol. The molecule has 0 aromatic carbocycles. The summed E-state index contributed by atoms with van der Waals surface area (Å²) in [6.07, 6.45) is 1.03. The van der Waals surface area contributed by atoms with E-state index in [4.69, 9.17) is 15.2 Å². The van der Waals surface area contributed by atoms with Crippen LogP contribution in [0.3, 0.4) is 0 Å². The number of rotatable bonds is 7. The van der Waals surface area contributed by atoms with Crippen molar-refractivity contribution >= 4 is 17.8 Å². The van der Waals surface area contributed by atoms with E-state index in [2.05, 4.69) is 5.32 Å². The van der Waals surface area contributed by atoms with Crippen LogP contribution in [0.5, 0.6) is 0 Å². The topological polar surface area (TPSA) is 108 Å². The maximum Gasteiger partial charge on any atom is 0.308 e. The van der Waals surface area contributed by atoms with Crippen LogP contribution in [0.15, 0.2) is 0 Å². The lowest BCUT2D eigenvalue weighted by atomic mass is 10.0. The first-order chi connectivity index (χ1) is 9.45. The monoisotopic (exact) mass is 286 g/mol. The van der Waals surface area contributed by atoms with E-state index in [-0.39, 0.29) is 18.9 Å². The van der Waals surface area contributed by atoms with Gasteiger partial charge in [0.2, 0.25) is 11.8 Å². The number of amides is 2. The van der Waals surface area contributed by atoms with E-state index in [1.165, 1.54) is 0 Å². The molecule has 2 amide bonds. The maximum absolute atomic E-state index is 11.9. The molecule has 0 spiro atoms. The van der Waals surface area contributed by atoms with Gasteiger partial charge in [0.15, 0.2) is 0 Å². The number of hydrogen-bond acceptors (Lipinski definition) is 5. The summed E-state index contributed by atoms with van der Waals surface area (Å²) in [5, 5.41) is 2.54. The molecule has 0 saturated carbocycles. The van der Waals surface area contributed by atoms with Crippen LogP contribution in [-0.4, -0.2) is 43.1 Å². The third kappa shape index (κ3) is 4.80. The number of carbonyl (C=O) groups excluding carboxylic acids is 3. The molecule has 0 bridgehead atoms. The molecule has 7 heteroatoms. The minimum absolute atomic E-state index is 0.118. The van der Waals surface area contributed by atoms with Crippen LogP contribution in [0, 0.1) is 5.92 Å². The average Bonchev–Trinajstić information content (AvgIpc) is 2.91. The molecule has 0 radical (unpaired) electrons. The highest BCUT2D eigenvalue weighted by molar-refractivity contribution is 5.89. The fourth-order valence-electron chi connectivity index (χ4n) is 2.03. The number of carbonyl (C=O) groups is 3. The van der Waals surface area contributed by atoms with Gasteiger partial charge in [-0.25, -0.2) is 0 Å². The lowest BCUT2D eigenvalue weighted by molar-refractivity contribution is -0.148. The van der Waals surface area contributed by atoms with Crippen molar-refractivity contribution in [3.8, 4) is 0 Å². The molecule has 1 heterocycles. The van der Waals surface area contributed by atoms with Gasteiger partial charge in [0.25, 0.3) is 0 Å². The van der Waals surface area contributed by atoms with Crippen molar-refractivity contribution in [3.05, 3.63) is 0 Å². The Labute approximate surface area is 118 Å². The summed E-state index contributed by atoms with van der Waals surface area (Å²) < 4.78 is 10.1. The minimum Gasteiger partial charge on any atom is -0.466 e. The fourth-order valence-corrected chi connectivity index (χ4v) is 2.03. The van der Waals surface area contributed by atoms with Gasteiger partial charge in [0, 0.05) is 6.61 Å². The van der Waals surface area contributed by atoms with E-state index >= 15 is 0 Å². The minimum atomic E-state index is -0.897. The fraction of sp³-hybridized carbons (Fsp3) is 0.769. The molecule has 1 fully saturated rings. The second-order valence-electron chi connectivity index (χ2n) is 4.85. The van der Waals surface area contributed by atoms with Crippen molar-refractivity contribution in [1.29, 1.82) is 0 Å². The zero-order chi connectivity index (χ0) is 15.1. The highest BCUT2D eigenvalue weighted by Crippen LogP contribution is 2.13. The smallest absolute Gasteiger partial charge is 0.308 e. The second-order valence-corrected chi connectivity index (χ2v) is 4.85. The van der Waals surface area contributed by atoms with Crippen LogP contribution >= 0.6 is 0 Å². The number of hydrogen-bond donors (Lipinski definition) is 2. The zero-order valence-corrected chi connectivity index (χ0v) is 11.9. The van der Waals surface area contributed by atoms with Crippen LogP contribution in [0.1, 0.15) is 33.1 Å². The summed E-state index contributed by atoms with van der Waals surface area (Å²) in [6, 6.07) is -0.897. The Morgan fingerprint density at radius 3 is 2.65 bits per heavy atom. The molecule has 1 rings (SSSR count). The van der Waals surface area contributed by atoms with Crippen LogP contribution < -0.4 is 11.1 Å². The predicted octanol–water partition coefficient (Wildman–Crippen LogP) is -0.275. The molecule has 0 aliphatic carbocycles. The van der Waals surface area contributed by atoms with Gasteiger partial charge < -0.3 is 20.5 Å². The van der Waals surface area contributed by atoms with Gasteiger partial charge >= 0.3 is 5.97 Å². The van der Waals surface area contributed by atoms with Crippen LogP contribution in [0.25, 0.3) is 0 Å². The van der Waals surface area contributed by atoms with Crippen molar-refractivity contribution in [2.45, 2.75) is 45.3 Å². The zero-order valence-electron chi connectivity index (χ0n) is 11.9. The standard InChI is InChI=1S/C13H22N2O5/c1-3-19-13(18)8(2)7-9(11(14)16)15-12(17)10-5-4-6-20-10/h8-10H,3-7H2,1-2H3,(H2,14,16)(H,15,17)/t8-,9-,10-/m1/s1. The summed E-state index contributed by atoms with van der Waals surface area (Å²) in [5.41, 5.74) is 5.26. The van der Waals surface area contributed by atoms with E-state index in [1.54, 1.807) is 13.8 Å². The molecule has 0 unspecified atom stereocenters. The quantitative estimate of drug-likeness (QED) is 0.626. The number of nitrogens with two attached hydrogens (primary N) is 1. The first kappa shape index (κ1) is 16.4. The van der Waals surface area contributed by atoms with E-state index in [1.807, 2.05) is 0 Å². The van der Waals surface area contributed by atoms with Crippen molar-refractivity contribution in [2.75, 3.05) is 13.2 Å². The van der Waals surface area contributed by atoms with Crippen LogP contribution in [0.2, 0.25) is 0 Å². The molecule has 1 aliphatic heterocycles. The van der Waals surface area contributed by atoms with Crippen LogP contribution in [-0.2, 0) is 23.9 Å². The van der Waals surface area contributed by atoms with E-state index < -0.39 is 29.9 Å². The first-order valence-corrected chi connectivity index (χ1v) is 6.83. The number of ether oxygens (including phenoxy) is 2. The third-order valence-corrected chi connectivity index (χ3v) is 3.16. The Morgan fingerprint density at radius 1 is 1.45 bits per heavy atom. The number of esters is 1. The number of nitrogens with one attached hydrogen (secondary N) is 1. The normalized spacial score (nSPS) is 21.0. The Hall–Kier alpha value is -1.63. The molecule has 3 N–H and O–H groups in total. The highest BCUT2D eigenvalue weighted by atomic mass is 16.5. The molecule has 20 heavy (non-hydrogen) atoms. The molecular formula is C13H22N2O5. The van der Waals surface area contributed by atoms with Gasteiger partial charge in [-0.1, -0.05) is 6.92 Å². The van der Waals surface area contributed by atoms with Crippen molar-refractivity contribution in [2.24, 2.45) is 11.7 Å². The Balaban J connectivity index is 2.53. The summed E-state index contributed by atoms with van der Waals surface area (Å²) in [5.74, 6) is -1.96.